The molecule has 5 rings (SSSR count). The summed E-state index contributed by atoms with van der Waals surface area (Å²) in [6, 6.07) is 24.0. The Balaban J connectivity index is 1.26. The zero-order valence-electron chi connectivity index (χ0n) is 17.5. The average Bonchev–Trinajstić information content (AvgIpc) is 3.43. The Kier molecular flexibility index (Phi) is 5.34. The predicted octanol–water partition coefficient (Wildman–Crippen LogP) is 5.81. The number of hydrogen-bond acceptors (Lipinski definition) is 6. The molecule has 32 heavy (non-hydrogen) atoms. The number of aromatic nitrogens is 1. The highest BCUT2D eigenvalue weighted by molar-refractivity contribution is 5.92. The van der Waals surface area contributed by atoms with Gasteiger partial charge in [-0.05, 0) is 42.8 Å². The van der Waals surface area contributed by atoms with Gasteiger partial charge < -0.3 is 18.7 Å². The fourth-order valence-corrected chi connectivity index (χ4v) is 3.63. The monoisotopic (exact) mass is 427 g/mol. The number of para-hydroxylation sites is 2. The molecular weight excluding hydrogens is 406 g/mol. The molecule has 0 saturated carbocycles. The van der Waals surface area contributed by atoms with E-state index in [4.69, 9.17) is 18.7 Å². The normalized spacial score (nSPS) is 14.5. The molecule has 0 amide bonds. The van der Waals surface area contributed by atoms with E-state index in [9.17, 15) is 4.79 Å². The van der Waals surface area contributed by atoms with Crippen LogP contribution in [0.1, 0.15) is 28.5 Å². The number of carbonyl (C=O) groups is 1. The fraction of sp³-hybridized carbons (Fsp3) is 0.154. The summed E-state index contributed by atoms with van der Waals surface area (Å²) in [5.74, 6) is 2.03. The highest BCUT2D eigenvalue weighted by Gasteiger charge is 2.20. The van der Waals surface area contributed by atoms with Crippen molar-refractivity contribution < 1.29 is 23.5 Å². The van der Waals surface area contributed by atoms with Crippen LogP contribution in [0.5, 0.6) is 17.2 Å². The van der Waals surface area contributed by atoms with Crippen molar-refractivity contribution in [2.45, 2.75) is 26.1 Å². The van der Waals surface area contributed by atoms with Crippen LogP contribution < -0.4 is 9.47 Å². The lowest BCUT2D eigenvalue weighted by atomic mass is 10.1. The number of benzene rings is 3. The van der Waals surface area contributed by atoms with Crippen molar-refractivity contribution in [3.05, 3.63) is 95.7 Å². The second kappa shape index (κ2) is 8.59. The first kappa shape index (κ1) is 19.9. The first-order chi connectivity index (χ1) is 15.7. The molecule has 1 aromatic heterocycles. The number of rotatable bonds is 6. The van der Waals surface area contributed by atoms with E-state index in [-0.39, 0.29) is 12.7 Å². The predicted molar refractivity (Wildman–Crippen MR) is 118 cm³/mol. The summed E-state index contributed by atoms with van der Waals surface area (Å²) in [4.78, 5) is 12.7. The van der Waals surface area contributed by atoms with Crippen molar-refractivity contribution in [2.24, 2.45) is 0 Å². The maximum atomic E-state index is 12.7. The van der Waals surface area contributed by atoms with Gasteiger partial charge >= 0.3 is 5.97 Å². The molecule has 0 bridgehead atoms. The molecule has 0 saturated heterocycles. The molecule has 1 aliphatic heterocycles. The Morgan fingerprint density at radius 1 is 1.03 bits per heavy atom. The lowest BCUT2D eigenvalue weighted by Gasteiger charge is -2.10. The van der Waals surface area contributed by atoms with E-state index >= 15 is 0 Å². The fourth-order valence-electron chi connectivity index (χ4n) is 3.63. The van der Waals surface area contributed by atoms with Crippen LogP contribution in [0.15, 0.2) is 83.4 Å². The summed E-state index contributed by atoms with van der Waals surface area (Å²) in [6.45, 7) is 2.03. The Morgan fingerprint density at radius 2 is 1.84 bits per heavy atom. The third kappa shape index (κ3) is 4.21. The first-order valence-corrected chi connectivity index (χ1v) is 10.4. The minimum Gasteiger partial charge on any atom is -0.490 e. The van der Waals surface area contributed by atoms with Crippen LogP contribution in [0.3, 0.4) is 0 Å². The number of hydrogen-bond donors (Lipinski definition) is 0. The van der Waals surface area contributed by atoms with Gasteiger partial charge in [0.2, 0.25) is 0 Å². The summed E-state index contributed by atoms with van der Waals surface area (Å²) in [5, 5.41) is 4.03. The molecule has 6 nitrogen and oxygen atoms in total. The van der Waals surface area contributed by atoms with Crippen molar-refractivity contribution >= 4 is 5.97 Å². The Hall–Kier alpha value is -4.06. The Labute approximate surface area is 185 Å². The number of ether oxygens (including phenoxy) is 3. The molecule has 160 valence electrons. The number of nitrogens with zero attached hydrogens (tertiary/aromatic N) is 1. The molecule has 3 aromatic carbocycles. The highest BCUT2D eigenvalue weighted by atomic mass is 16.5. The Bertz CT molecular complexity index is 1250. The third-order valence-corrected chi connectivity index (χ3v) is 5.18. The summed E-state index contributed by atoms with van der Waals surface area (Å²) >= 11 is 0. The van der Waals surface area contributed by atoms with E-state index in [1.54, 1.807) is 30.3 Å². The molecule has 4 aromatic rings. The van der Waals surface area contributed by atoms with Crippen LogP contribution in [0.25, 0.3) is 11.3 Å². The molecule has 1 unspecified atom stereocenters. The molecular formula is C26H21NO5. The van der Waals surface area contributed by atoms with Gasteiger partial charge in [0, 0.05) is 18.1 Å². The zero-order chi connectivity index (χ0) is 21.9. The quantitative estimate of drug-likeness (QED) is 0.362. The first-order valence-electron chi connectivity index (χ1n) is 10.4. The van der Waals surface area contributed by atoms with Gasteiger partial charge in [-0.2, -0.15) is 0 Å². The highest BCUT2D eigenvalue weighted by Crippen LogP contribution is 2.33. The second-order valence-electron chi connectivity index (χ2n) is 7.63. The van der Waals surface area contributed by atoms with Gasteiger partial charge in [0.25, 0.3) is 0 Å². The molecule has 0 aliphatic carbocycles. The lowest BCUT2D eigenvalue weighted by molar-refractivity contribution is 0.0461. The topological polar surface area (TPSA) is 70.8 Å². The molecule has 1 atom stereocenters. The maximum Gasteiger partial charge on any atom is 0.342 e. The van der Waals surface area contributed by atoms with Crippen molar-refractivity contribution in [1.82, 2.24) is 5.16 Å². The Morgan fingerprint density at radius 3 is 2.72 bits per heavy atom. The third-order valence-electron chi connectivity index (χ3n) is 5.18. The molecule has 0 radical (unpaired) electrons. The minimum absolute atomic E-state index is 0.0134. The summed E-state index contributed by atoms with van der Waals surface area (Å²) in [7, 11) is 0. The second-order valence-corrected chi connectivity index (χ2v) is 7.63. The summed E-state index contributed by atoms with van der Waals surface area (Å²) in [5.41, 5.74) is 2.91. The molecule has 2 heterocycles. The molecule has 1 aliphatic rings. The van der Waals surface area contributed by atoms with Crippen molar-refractivity contribution in [3.8, 4) is 28.6 Å². The van der Waals surface area contributed by atoms with E-state index < -0.39 is 5.97 Å². The SMILES string of the molecule is CC1Cc2ccc(-c3cc(COC(=O)c4ccccc4Oc4ccccc4)no3)cc2O1. The van der Waals surface area contributed by atoms with E-state index in [2.05, 4.69) is 5.16 Å². The molecule has 0 spiro atoms. The summed E-state index contributed by atoms with van der Waals surface area (Å²) < 4.78 is 22.6. The van der Waals surface area contributed by atoms with Gasteiger partial charge in [-0.25, -0.2) is 4.79 Å². The smallest absolute Gasteiger partial charge is 0.342 e. The van der Waals surface area contributed by atoms with Gasteiger partial charge in [0.05, 0.1) is 0 Å². The van der Waals surface area contributed by atoms with Crippen LogP contribution in [-0.4, -0.2) is 17.2 Å². The van der Waals surface area contributed by atoms with Gasteiger partial charge in [-0.1, -0.05) is 47.6 Å². The van der Waals surface area contributed by atoms with E-state index in [1.807, 2.05) is 55.5 Å². The van der Waals surface area contributed by atoms with Crippen molar-refractivity contribution in [3.63, 3.8) is 0 Å². The van der Waals surface area contributed by atoms with Crippen LogP contribution in [-0.2, 0) is 17.8 Å². The van der Waals surface area contributed by atoms with Crippen molar-refractivity contribution in [2.75, 3.05) is 0 Å². The standard InChI is InChI=1S/C26H21NO5/c1-17-13-18-11-12-19(14-24(18)30-17)25-15-20(27-32-25)16-29-26(28)22-9-5-6-10-23(22)31-21-7-3-2-4-8-21/h2-12,14-15,17H,13,16H2,1H3. The van der Waals surface area contributed by atoms with Crippen LogP contribution in [0.2, 0.25) is 0 Å². The number of carbonyl (C=O) groups excluding carboxylic acids is 1. The van der Waals surface area contributed by atoms with Gasteiger partial charge in [-0.15, -0.1) is 0 Å². The molecule has 6 heteroatoms. The average molecular weight is 427 g/mol. The van der Waals surface area contributed by atoms with E-state index in [0.717, 1.165) is 17.7 Å². The number of fused-ring (bicyclic) bond motifs is 1. The van der Waals surface area contributed by atoms with Crippen molar-refractivity contribution in [1.29, 1.82) is 0 Å². The van der Waals surface area contributed by atoms with Crippen LogP contribution in [0.4, 0.5) is 0 Å². The minimum atomic E-state index is -0.499. The van der Waals surface area contributed by atoms with Crippen LogP contribution in [0, 0.1) is 0 Å². The van der Waals surface area contributed by atoms with E-state index in [1.165, 1.54) is 5.56 Å². The van der Waals surface area contributed by atoms with E-state index in [0.29, 0.717) is 28.5 Å². The van der Waals surface area contributed by atoms with Gasteiger partial charge in [-0.3, -0.25) is 0 Å². The molecule has 0 fully saturated rings. The summed E-state index contributed by atoms with van der Waals surface area (Å²) in [6.07, 6.45) is 1.08. The largest absolute Gasteiger partial charge is 0.490 e. The van der Waals surface area contributed by atoms with Gasteiger partial charge in [0.15, 0.2) is 5.76 Å². The lowest BCUT2D eigenvalue weighted by Crippen LogP contribution is -2.07. The number of esters is 1. The van der Waals surface area contributed by atoms with Gasteiger partial charge in [0.1, 0.15) is 41.2 Å². The zero-order valence-corrected chi connectivity index (χ0v) is 17.5. The van der Waals surface area contributed by atoms with Crippen LogP contribution >= 0.6 is 0 Å². The maximum absolute atomic E-state index is 12.7. The molecule has 0 N–H and O–H groups in total.